The van der Waals surface area contributed by atoms with Crippen molar-refractivity contribution in [3.05, 3.63) is 101 Å². The fourth-order valence-electron chi connectivity index (χ4n) is 3.29. The van der Waals surface area contributed by atoms with Crippen LogP contribution in [0.1, 0.15) is 17.0 Å². The quantitative estimate of drug-likeness (QED) is 0.318. The summed E-state index contributed by atoms with van der Waals surface area (Å²) >= 11 is 7.61. The van der Waals surface area contributed by atoms with Crippen LogP contribution in [0, 0.1) is 0 Å². The van der Waals surface area contributed by atoms with Crippen molar-refractivity contribution in [3.8, 4) is 5.69 Å². The highest BCUT2D eigenvalue weighted by atomic mass is 35.5. The molecule has 0 aliphatic heterocycles. The van der Waals surface area contributed by atoms with E-state index in [0.717, 1.165) is 27.8 Å². The predicted octanol–water partition coefficient (Wildman–Crippen LogP) is 5.05. The van der Waals surface area contributed by atoms with Crippen LogP contribution >= 0.6 is 23.4 Å². The van der Waals surface area contributed by atoms with Gasteiger partial charge in [-0.1, -0.05) is 65.8 Å². The van der Waals surface area contributed by atoms with Gasteiger partial charge >= 0.3 is 0 Å². The van der Waals surface area contributed by atoms with Crippen LogP contribution in [0.2, 0.25) is 5.02 Å². The van der Waals surface area contributed by atoms with E-state index in [2.05, 4.69) is 22.3 Å². The number of hydrogen-bond donors (Lipinski definition) is 0. The van der Waals surface area contributed by atoms with Gasteiger partial charge in [-0.15, -0.1) is 10.2 Å². The lowest BCUT2D eigenvalue weighted by atomic mass is 10.1. The molecule has 0 unspecified atom stereocenters. The summed E-state index contributed by atoms with van der Waals surface area (Å²) in [5.74, 6) is 1.36. The van der Waals surface area contributed by atoms with Gasteiger partial charge in [0.1, 0.15) is 5.82 Å². The third-order valence-electron chi connectivity index (χ3n) is 5.04. The zero-order valence-electron chi connectivity index (χ0n) is 18.2. The molecule has 0 saturated carbocycles. The number of rotatable bonds is 8. The van der Waals surface area contributed by atoms with E-state index < -0.39 is 10.0 Å². The Morgan fingerprint density at radius 2 is 1.61 bits per heavy atom. The van der Waals surface area contributed by atoms with Gasteiger partial charge in [-0.05, 0) is 47.5 Å². The normalized spacial score (nSPS) is 11.8. The zero-order chi connectivity index (χ0) is 23.4. The summed E-state index contributed by atoms with van der Waals surface area (Å²) in [6.45, 7) is 0. The van der Waals surface area contributed by atoms with Gasteiger partial charge in [-0.2, -0.15) is 0 Å². The highest BCUT2D eigenvalue weighted by Crippen LogP contribution is 2.28. The molecule has 1 heterocycles. The number of hydrogen-bond acceptors (Lipinski definition) is 5. The van der Waals surface area contributed by atoms with Crippen molar-refractivity contribution in [3.63, 3.8) is 0 Å². The molecule has 0 aliphatic carbocycles. The molecule has 170 valence electrons. The molecule has 33 heavy (non-hydrogen) atoms. The summed E-state index contributed by atoms with van der Waals surface area (Å²) in [5.41, 5.74) is 2.94. The molecule has 0 saturated heterocycles. The van der Waals surface area contributed by atoms with E-state index in [1.165, 1.54) is 30.2 Å². The van der Waals surface area contributed by atoms with Crippen molar-refractivity contribution < 1.29 is 8.42 Å². The van der Waals surface area contributed by atoms with Crippen molar-refractivity contribution in [1.82, 2.24) is 19.1 Å². The first-order valence-corrected chi connectivity index (χ1v) is 13.0. The molecular weight excluding hydrogens is 476 g/mol. The molecule has 0 spiro atoms. The Hall–Kier alpha value is -2.65. The first kappa shape index (κ1) is 23.5. The standard InChI is InChI=1S/C24H23ClN4O2S2/c1-28(2)33(30,31)22-10-6-9-19(15-22)17-32-24-27-26-23(16-18-7-4-3-5-8-18)29(24)21-13-11-20(25)12-14-21/h3-15H,16-17H2,1-2H3. The van der Waals surface area contributed by atoms with Gasteiger partial charge in [0.2, 0.25) is 10.0 Å². The molecule has 0 N–H and O–H groups in total. The van der Waals surface area contributed by atoms with Gasteiger partial charge in [0, 0.05) is 37.0 Å². The first-order valence-electron chi connectivity index (χ1n) is 10.2. The van der Waals surface area contributed by atoms with Gasteiger partial charge in [-0.25, -0.2) is 12.7 Å². The Bertz CT molecular complexity index is 1340. The minimum absolute atomic E-state index is 0.273. The third kappa shape index (κ3) is 5.47. The lowest BCUT2D eigenvalue weighted by Crippen LogP contribution is -2.22. The maximum atomic E-state index is 12.5. The highest BCUT2D eigenvalue weighted by molar-refractivity contribution is 7.98. The van der Waals surface area contributed by atoms with E-state index in [-0.39, 0.29) is 4.90 Å². The van der Waals surface area contributed by atoms with Gasteiger partial charge in [0.15, 0.2) is 5.16 Å². The number of benzene rings is 3. The fraction of sp³-hybridized carbons (Fsp3) is 0.167. The molecule has 9 heteroatoms. The Morgan fingerprint density at radius 1 is 0.909 bits per heavy atom. The molecule has 6 nitrogen and oxygen atoms in total. The van der Waals surface area contributed by atoms with Gasteiger partial charge in [0.25, 0.3) is 0 Å². The minimum Gasteiger partial charge on any atom is -0.274 e. The molecule has 3 aromatic carbocycles. The van der Waals surface area contributed by atoms with Crippen molar-refractivity contribution >= 4 is 33.4 Å². The second kappa shape index (κ2) is 10.1. The summed E-state index contributed by atoms with van der Waals surface area (Å²) in [7, 11) is -0.435. The number of halogens is 1. The van der Waals surface area contributed by atoms with Crippen molar-refractivity contribution in [2.24, 2.45) is 0 Å². The lowest BCUT2D eigenvalue weighted by molar-refractivity contribution is 0.520. The summed E-state index contributed by atoms with van der Waals surface area (Å²) < 4.78 is 28.2. The summed E-state index contributed by atoms with van der Waals surface area (Å²) in [6.07, 6.45) is 0.633. The van der Waals surface area contributed by atoms with E-state index in [1.807, 2.05) is 53.1 Å². The summed E-state index contributed by atoms with van der Waals surface area (Å²) in [6, 6.07) is 24.7. The van der Waals surface area contributed by atoms with Crippen LogP contribution in [0.3, 0.4) is 0 Å². The highest BCUT2D eigenvalue weighted by Gasteiger charge is 2.18. The third-order valence-corrected chi connectivity index (χ3v) is 8.10. The topological polar surface area (TPSA) is 68.1 Å². The van der Waals surface area contributed by atoms with E-state index in [0.29, 0.717) is 17.2 Å². The minimum atomic E-state index is -3.49. The number of thioether (sulfide) groups is 1. The molecular formula is C24H23ClN4O2S2. The van der Waals surface area contributed by atoms with E-state index in [4.69, 9.17) is 11.6 Å². The maximum Gasteiger partial charge on any atom is 0.242 e. The maximum absolute atomic E-state index is 12.5. The molecule has 4 rings (SSSR count). The van der Waals surface area contributed by atoms with Crippen LogP contribution in [0.4, 0.5) is 0 Å². The van der Waals surface area contributed by atoms with Crippen molar-refractivity contribution in [2.75, 3.05) is 14.1 Å². The van der Waals surface area contributed by atoms with Gasteiger partial charge in [-0.3, -0.25) is 4.57 Å². The van der Waals surface area contributed by atoms with Crippen LogP contribution in [0.5, 0.6) is 0 Å². The average Bonchev–Trinajstić information content (AvgIpc) is 3.21. The lowest BCUT2D eigenvalue weighted by Gasteiger charge is -2.13. The predicted molar refractivity (Wildman–Crippen MR) is 132 cm³/mol. The van der Waals surface area contributed by atoms with Gasteiger partial charge in [0.05, 0.1) is 4.90 Å². The SMILES string of the molecule is CN(C)S(=O)(=O)c1cccc(CSc2nnc(Cc3ccccc3)n2-c2ccc(Cl)cc2)c1. The van der Waals surface area contributed by atoms with Crippen LogP contribution in [-0.4, -0.2) is 41.6 Å². The first-order chi connectivity index (χ1) is 15.8. The molecule has 0 atom stereocenters. The van der Waals surface area contributed by atoms with Crippen LogP contribution < -0.4 is 0 Å². The molecule has 0 bridgehead atoms. The van der Waals surface area contributed by atoms with Crippen LogP contribution in [-0.2, 0) is 22.2 Å². The fourth-order valence-corrected chi connectivity index (χ4v) is 5.30. The molecule has 0 amide bonds. The van der Waals surface area contributed by atoms with Crippen molar-refractivity contribution in [2.45, 2.75) is 22.2 Å². The molecule has 1 aromatic heterocycles. The van der Waals surface area contributed by atoms with Crippen molar-refractivity contribution in [1.29, 1.82) is 0 Å². The van der Waals surface area contributed by atoms with E-state index in [9.17, 15) is 8.42 Å². The summed E-state index contributed by atoms with van der Waals surface area (Å²) in [4.78, 5) is 0.273. The van der Waals surface area contributed by atoms with E-state index in [1.54, 1.807) is 18.2 Å². The Kier molecular flexibility index (Phi) is 7.19. The van der Waals surface area contributed by atoms with Crippen LogP contribution in [0.15, 0.2) is 88.9 Å². The zero-order valence-corrected chi connectivity index (χ0v) is 20.6. The van der Waals surface area contributed by atoms with E-state index >= 15 is 0 Å². The number of nitrogens with zero attached hydrogens (tertiary/aromatic N) is 4. The molecule has 0 radical (unpaired) electrons. The molecule has 0 aliphatic rings. The average molecular weight is 499 g/mol. The smallest absolute Gasteiger partial charge is 0.242 e. The second-order valence-corrected chi connectivity index (χ2v) is 11.1. The Labute approximate surface area is 203 Å². The monoisotopic (exact) mass is 498 g/mol. The largest absolute Gasteiger partial charge is 0.274 e. The number of aromatic nitrogens is 3. The Balaban J connectivity index is 1.64. The second-order valence-electron chi connectivity index (χ2n) is 7.60. The Morgan fingerprint density at radius 3 is 2.30 bits per heavy atom. The van der Waals surface area contributed by atoms with Crippen LogP contribution in [0.25, 0.3) is 5.69 Å². The number of sulfonamides is 1. The summed E-state index contributed by atoms with van der Waals surface area (Å²) in [5, 5.41) is 10.3. The van der Waals surface area contributed by atoms with Gasteiger partial charge < -0.3 is 0 Å². The molecule has 0 fully saturated rings. The molecule has 4 aromatic rings.